The van der Waals surface area contributed by atoms with E-state index in [2.05, 4.69) is 5.32 Å². The Balaban J connectivity index is 2.64. The summed E-state index contributed by atoms with van der Waals surface area (Å²) in [6, 6.07) is 1.44. The molecule has 1 rings (SSSR count). The number of rotatable bonds is 4. The van der Waals surface area contributed by atoms with E-state index in [0.717, 1.165) is 0 Å². The van der Waals surface area contributed by atoms with Crippen molar-refractivity contribution >= 4 is 11.9 Å². The number of aliphatic carboxylic acids is 1. The summed E-state index contributed by atoms with van der Waals surface area (Å²) in [4.78, 5) is 21.3. The van der Waals surface area contributed by atoms with E-state index >= 15 is 0 Å². The summed E-state index contributed by atoms with van der Waals surface area (Å²) in [5, 5.41) is 19.2. The molecule has 0 saturated heterocycles. The van der Waals surface area contributed by atoms with E-state index in [0.29, 0.717) is 5.56 Å². The lowest BCUT2D eigenvalue weighted by Gasteiger charge is -2.00. The van der Waals surface area contributed by atoms with Gasteiger partial charge in [-0.05, 0) is 6.07 Å². The highest BCUT2D eigenvalue weighted by Gasteiger charge is 2.14. The quantitative estimate of drug-likeness (QED) is 0.611. The van der Waals surface area contributed by atoms with Crippen molar-refractivity contribution in [2.45, 2.75) is 6.61 Å². The predicted molar refractivity (Wildman–Crippen MR) is 44.6 cm³/mol. The number of hydrogen-bond donors (Lipinski definition) is 3. The van der Waals surface area contributed by atoms with Gasteiger partial charge in [0.05, 0.1) is 12.9 Å². The molecule has 1 amide bonds. The summed E-state index contributed by atoms with van der Waals surface area (Å²) in [5.74, 6) is -1.86. The number of carboxylic acid groups (broad SMARTS) is 1. The molecule has 0 unspecified atom stereocenters. The van der Waals surface area contributed by atoms with E-state index in [1.807, 2.05) is 0 Å². The maximum atomic E-state index is 11.2. The van der Waals surface area contributed by atoms with E-state index in [4.69, 9.17) is 14.6 Å². The zero-order valence-corrected chi connectivity index (χ0v) is 7.19. The van der Waals surface area contributed by atoms with Crippen LogP contribution >= 0.6 is 0 Å². The molecule has 1 aromatic rings. The second kappa shape index (κ2) is 4.43. The van der Waals surface area contributed by atoms with Crippen LogP contribution in [0.3, 0.4) is 0 Å². The number of aliphatic hydroxyl groups excluding tert-OH is 1. The molecule has 6 heteroatoms. The molecule has 1 heterocycles. The Morgan fingerprint density at radius 1 is 1.50 bits per heavy atom. The van der Waals surface area contributed by atoms with Crippen LogP contribution < -0.4 is 5.32 Å². The van der Waals surface area contributed by atoms with Gasteiger partial charge in [-0.3, -0.25) is 9.59 Å². The van der Waals surface area contributed by atoms with E-state index < -0.39 is 18.4 Å². The SMILES string of the molecule is O=C(O)CNC(=O)c1occc1CO. The van der Waals surface area contributed by atoms with Gasteiger partial charge in [-0.1, -0.05) is 0 Å². The summed E-state index contributed by atoms with van der Waals surface area (Å²) in [7, 11) is 0. The summed E-state index contributed by atoms with van der Waals surface area (Å²) in [6.07, 6.45) is 1.25. The van der Waals surface area contributed by atoms with Gasteiger partial charge in [0.1, 0.15) is 6.54 Å². The van der Waals surface area contributed by atoms with Crippen LogP contribution in [0.2, 0.25) is 0 Å². The van der Waals surface area contributed by atoms with Crippen molar-refractivity contribution in [1.82, 2.24) is 5.32 Å². The smallest absolute Gasteiger partial charge is 0.322 e. The highest BCUT2D eigenvalue weighted by atomic mass is 16.4. The Kier molecular flexibility index (Phi) is 3.24. The number of carboxylic acids is 1. The molecule has 0 aromatic carbocycles. The summed E-state index contributed by atoms with van der Waals surface area (Å²) in [6.45, 7) is -0.809. The third-order valence-electron chi connectivity index (χ3n) is 1.52. The molecule has 1 aromatic heterocycles. The molecule has 0 bridgehead atoms. The van der Waals surface area contributed by atoms with Crippen LogP contribution in [-0.4, -0.2) is 28.6 Å². The van der Waals surface area contributed by atoms with Gasteiger partial charge >= 0.3 is 5.97 Å². The van der Waals surface area contributed by atoms with Gasteiger partial charge in [-0.2, -0.15) is 0 Å². The molecule has 0 saturated carbocycles. The first-order valence-electron chi connectivity index (χ1n) is 3.82. The van der Waals surface area contributed by atoms with Gasteiger partial charge < -0.3 is 19.9 Å². The fourth-order valence-electron chi connectivity index (χ4n) is 0.896. The minimum Gasteiger partial charge on any atom is -0.480 e. The average Bonchev–Trinajstić information content (AvgIpc) is 2.61. The normalized spacial score (nSPS) is 9.79. The van der Waals surface area contributed by atoms with E-state index in [9.17, 15) is 9.59 Å². The first-order chi connectivity index (χ1) is 6.65. The third kappa shape index (κ3) is 2.33. The first-order valence-corrected chi connectivity index (χ1v) is 3.82. The second-order valence-corrected chi connectivity index (χ2v) is 2.51. The Morgan fingerprint density at radius 3 is 2.79 bits per heavy atom. The van der Waals surface area contributed by atoms with Gasteiger partial charge in [-0.15, -0.1) is 0 Å². The minimum atomic E-state index is -1.14. The monoisotopic (exact) mass is 199 g/mol. The van der Waals surface area contributed by atoms with E-state index in [1.54, 1.807) is 0 Å². The van der Waals surface area contributed by atoms with Crippen molar-refractivity contribution in [2.24, 2.45) is 0 Å². The van der Waals surface area contributed by atoms with Crippen LogP contribution in [0.15, 0.2) is 16.7 Å². The molecular weight excluding hydrogens is 190 g/mol. The van der Waals surface area contributed by atoms with Crippen LogP contribution in [0.1, 0.15) is 16.1 Å². The van der Waals surface area contributed by atoms with Crippen molar-refractivity contribution in [1.29, 1.82) is 0 Å². The molecule has 6 nitrogen and oxygen atoms in total. The van der Waals surface area contributed by atoms with Crippen LogP contribution in [-0.2, 0) is 11.4 Å². The van der Waals surface area contributed by atoms with Crippen molar-refractivity contribution in [2.75, 3.05) is 6.54 Å². The molecule has 14 heavy (non-hydrogen) atoms. The van der Waals surface area contributed by atoms with Crippen LogP contribution in [0.5, 0.6) is 0 Å². The Hall–Kier alpha value is -1.82. The first kappa shape index (κ1) is 10.3. The van der Waals surface area contributed by atoms with Crippen LogP contribution in [0.25, 0.3) is 0 Å². The summed E-state index contributed by atoms with van der Waals surface area (Å²) >= 11 is 0. The van der Waals surface area contributed by atoms with Gasteiger partial charge in [0, 0.05) is 5.56 Å². The maximum Gasteiger partial charge on any atom is 0.322 e. The number of carbonyl (C=O) groups excluding carboxylic acids is 1. The molecule has 0 spiro atoms. The molecule has 0 atom stereocenters. The fourth-order valence-corrected chi connectivity index (χ4v) is 0.896. The molecule has 76 valence electrons. The molecule has 3 N–H and O–H groups in total. The van der Waals surface area contributed by atoms with Gasteiger partial charge in [0.15, 0.2) is 5.76 Å². The second-order valence-electron chi connectivity index (χ2n) is 2.51. The lowest BCUT2D eigenvalue weighted by atomic mass is 10.2. The van der Waals surface area contributed by atoms with Crippen molar-refractivity contribution in [3.05, 3.63) is 23.7 Å². The Morgan fingerprint density at radius 2 is 2.21 bits per heavy atom. The Labute approximate surface area is 79.1 Å². The topological polar surface area (TPSA) is 99.8 Å². The summed E-state index contributed by atoms with van der Waals surface area (Å²) < 4.78 is 4.78. The van der Waals surface area contributed by atoms with Crippen LogP contribution in [0, 0.1) is 0 Å². The third-order valence-corrected chi connectivity index (χ3v) is 1.52. The fraction of sp³-hybridized carbons (Fsp3) is 0.250. The molecule has 0 aliphatic rings. The summed E-state index contributed by atoms with van der Waals surface area (Å²) in [5.41, 5.74) is 0.327. The number of carbonyl (C=O) groups is 2. The van der Waals surface area contributed by atoms with Crippen molar-refractivity contribution in [3.8, 4) is 0 Å². The van der Waals surface area contributed by atoms with E-state index in [1.165, 1.54) is 12.3 Å². The van der Waals surface area contributed by atoms with Crippen molar-refractivity contribution < 1.29 is 24.2 Å². The van der Waals surface area contributed by atoms with E-state index in [-0.39, 0.29) is 12.4 Å². The number of nitrogens with one attached hydrogen (secondary N) is 1. The lowest BCUT2D eigenvalue weighted by Crippen LogP contribution is -2.29. The van der Waals surface area contributed by atoms with Gasteiger partial charge in [-0.25, -0.2) is 0 Å². The molecule has 0 aliphatic carbocycles. The number of amides is 1. The highest BCUT2D eigenvalue weighted by Crippen LogP contribution is 2.09. The molecule has 0 fully saturated rings. The predicted octanol–water partition coefficient (Wildman–Crippen LogP) is -0.414. The average molecular weight is 199 g/mol. The number of furan rings is 1. The lowest BCUT2D eigenvalue weighted by molar-refractivity contribution is -0.135. The minimum absolute atomic E-state index is 0.0613. The number of aliphatic hydroxyl groups is 1. The van der Waals surface area contributed by atoms with Gasteiger partial charge in [0.2, 0.25) is 0 Å². The standard InChI is InChI=1S/C8H9NO5/c10-4-5-1-2-14-7(5)8(13)9-3-6(11)12/h1-2,10H,3-4H2,(H,9,13)(H,11,12). The zero-order chi connectivity index (χ0) is 10.6. The number of hydrogen-bond acceptors (Lipinski definition) is 4. The highest BCUT2D eigenvalue weighted by molar-refractivity contribution is 5.94. The maximum absolute atomic E-state index is 11.2. The van der Waals surface area contributed by atoms with Crippen molar-refractivity contribution in [3.63, 3.8) is 0 Å². The largest absolute Gasteiger partial charge is 0.480 e. The molecular formula is C8H9NO5. The zero-order valence-electron chi connectivity index (χ0n) is 7.19. The van der Waals surface area contributed by atoms with Gasteiger partial charge in [0.25, 0.3) is 5.91 Å². The Bertz CT molecular complexity index is 343. The molecule has 0 radical (unpaired) electrons. The molecule has 0 aliphatic heterocycles. The van der Waals surface area contributed by atoms with Crippen LogP contribution in [0.4, 0.5) is 0 Å².